The van der Waals surface area contributed by atoms with Crippen molar-refractivity contribution in [3.8, 4) is 0 Å². The maximum atomic E-state index is 12.1. The molecule has 0 N–H and O–H groups in total. The van der Waals surface area contributed by atoms with Gasteiger partial charge in [0.1, 0.15) is 5.78 Å². The predicted molar refractivity (Wildman–Crippen MR) is 79.1 cm³/mol. The molecule has 1 aliphatic rings. The summed E-state index contributed by atoms with van der Waals surface area (Å²) in [5.74, 6) is 0.731. The standard InChI is InChI=1S/C15H23ClN2O2/c1-4-13-15(16)14(18(3)17-13)9-11(19)6-10-7-12(8-10)20-5-2/h10,12H,4-9H2,1-3H3. The van der Waals surface area contributed by atoms with Gasteiger partial charge in [-0.25, -0.2) is 0 Å². The Hall–Kier alpha value is -0.870. The Labute approximate surface area is 125 Å². The highest BCUT2D eigenvalue weighted by Gasteiger charge is 2.31. The van der Waals surface area contributed by atoms with Crippen LogP contribution in [0.3, 0.4) is 0 Å². The van der Waals surface area contributed by atoms with E-state index in [1.54, 1.807) is 4.68 Å². The highest BCUT2D eigenvalue weighted by molar-refractivity contribution is 6.32. The van der Waals surface area contributed by atoms with Crippen molar-refractivity contribution in [2.24, 2.45) is 13.0 Å². The lowest BCUT2D eigenvalue weighted by Crippen LogP contribution is -2.33. The van der Waals surface area contributed by atoms with E-state index in [0.717, 1.165) is 37.3 Å². The molecule has 0 spiro atoms. The van der Waals surface area contributed by atoms with Crippen molar-refractivity contribution in [3.05, 3.63) is 16.4 Å². The average molecular weight is 299 g/mol. The Kier molecular flexibility index (Phi) is 5.22. The van der Waals surface area contributed by atoms with E-state index in [9.17, 15) is 4.79 Å². The van der Waals surface area contributed by atoms with Crippen molar-refractivity contribution in [3.63, 3.8) is 0 Å². The van der Waals surface area contributed by atoms with E-state index in [2.05, 4.69) is 5.10 Å². The van der Waals surface area contributed by atoms with Gasteiger partial charge in [-0.15, -0.1) is 0 Å². The fraction of sp³-hybridized carbons (Fsp3) is 0.733. The molecular weight excluding hydrogens is 276 g/mol. The quantitative estimate of drug-likeness (QED) is 0.777. The zero-order valence-corrected chi connectivity index (χ0v) is 13.2. The van der Waals surface area contributed by atoms with Gasteiger partial charge in [-0.2, -0.15) is 5.10 Å². The van der Waals surface area contributed by atoms with Crippen LogP contribution in [0.4, 0.5) is 0 Å². The lowest BCUT2D eigenvalue weighted by molar-refractivity contribution is -0.121. The Balaban J connectivity index is 1.85. The normalized spacial score (nSPS) is 21.8. The Morgan fingerprint density at radius 1 is 1.45 bits per heavy atom. The number of aryl methyl sites for hydroxylation is 2. The summed E-state index contributed by atoms with van der Waals surface area (Å²) >= 11 is 6.27. The van der Waals surface area contributed by atoms with Crippen LogP contribution in [-0.4, -0.2) is 28.3 Å². The first-order chi connectivity index (χ1) is 9.55. The Bertz CT molecular complexity index is 478. The largest absolute Gasteiger partial charge is 0.378 e. The zero-order valence-electron chi connectivity index (χ0n) is 12.5. The molecule has 1 fully saturated rings. The Morgan fingerprint density at radius 2 is 2.15 bits per heavy atom. The summed E-state index contributed by atoms with van der Waals surface area (Å²) in [7, 11) is 1.85. The molecule has 0 unspecified atom stereocenters. The van der Waals surface area contributed by atoms with Gasteiger partial charge in [0.05, 0.1) is 22.5 Å². The topological polar surface area (TPSA) is 44.1 Å². The average Bonchev–Trinajstić information content (AvgIpc) is 2.64. The van der Waals surface area contributed by atoms with Gasteiger partial charge < -0.3 is 4.74 Å². The van der Waals surface area contributed by atoms with Gasteiger partial charge in [0, 0.05) is 26.5 Å². The molecule has 0 saturated heterocycles. The minimum absolute atomic E-state index is 0.248. The molecule has 5 heteroatoms. The van der Waals surface area contributed by atoms with Crippen molar-refractivity contribution >= 4 is 17.4 Å². The van der Waals surface area contributed by atoms with Crippen LogP contribution in [0.5, 0.6) is 0 Å². The molecule has 20 heavy (non-hydrogen) atoms. The van der Waals surface area contributed by atoms with Gasteiger partial charge in [-0.05, 0) is 32.1 Å². The van der Waals surface area contributed by atoms with Gasteiger partial charge in [0.25, 0.3) is 0 Å². The first kappa shape index (κ1) is 15.5. The van der Waals surface area contributed by atoms with E-state index in [4.69, 9.17) is 16.3 Å². The molecule has 112 valence electrons. The summed E-state index contributed by atoms with van der Waals surface area (Å²) in [5, 5.41) is 5.00. The number of nitrogens with zero attached hydrogens (tertiary/aromatic N) is 2. The molecule has 2 rings (SSSR count). The molecule has 0 bridgehead atoms. The van der Waals surface area contributed by atoms with Crippen LogP contribution in [0.2, 0.25) is 5.02 Å². The molecule has 4 nitrogen and oxygen atoms in total. The highest BCUT2D eigenvalue weighted by Crippen LogP contribution is 2.33. The molecule has 0 aliphatic heterocycles. The third kappa shape index (κ3) is 3.41. The molecule has 1 heterocycles. The van der Waals surface area contributed by atoms with Crippen molar-refractivity contribution in [2.45, 2.75) is 52.1 Å². The van der Waals surface area contributed by atoms with E-state index in [1.165, 1.54) is 0 Å². The van der Waals surface area contributed by atoms with Gasteiger partial charge in [-0.1, -0.05) is 18.5 Å². The van der Waals surface area contributed by atoms with Gasteiger partial charge >= 0.3 is 0 Å². The molecule has 1 aromatic heterocycles. The van der Waals surface area contributed by atoms with E-state index >= 15 is 0 Å². The first-order valence-corrected chi connectivity index (χ1v) is 7.76. The number of ether oxygens (including phenoxy) is 1. The van der Waals surface area contributed by atoms with E-state index in [-0.39, 0.29) is 5.78 Å². The number of rotatable bonds is 7. The van der Waals surface area contributed by atoms with E-state index in [1.807, 2.05) is 20.9 Å². The van der Waals surface area contributed by atoms with Crippen molar-refractivity contribution in [1.82, 2.24) is 9.78 Å². The van der Waals surface area contributed by atoms with Crippen LogP contribution in [0, 0.1) is 5.92 Å². The second kappa shape index (κ2) is 6.72. The number of halogens is 1. The summed E-state index contributed by atoms with van der Waals surface area (Å²) in [5.41, 5.74) is 1.71. The number of aromatic nitrogens is 2. The number of carbonyl (C=O) groups is 1. The number of ketones is 1. The SMILES string of the molecule is CCOC1CC(CC(=O)Cc2c(Cl)c(CC)nn2C)C1. The smallest absolute Gasteiger partial charge is 0.139 e. The van der Waals surface area contributed by atoms with E-state index in [0.29, 0.717) is 29.9 Å². The van der Waals surface area contributed by atoms with Gasteiger partial charge in [-0.3, -0.25) is 9.48 Å². The summed E-state index contributed by atoms with van der Waals surface area (Å²) in [6.45, 7) is 4.78. The fourth-order valence-electron chi connectivity index (χ4n) is 2.81. The van der Waals surface area contributed by atoms with Crippen molar-refractivity contribution < 1.29 is 9.53 Å². The highest BCUT2D eigenvalue weighted by atomic mass is 35.5. The van der Waals surface area contributed by atoms with Gasteiger partial charge in [0.15, 0.2) is 0 Å². The third-order valence-electron chi connectivity index (χ3n) is 3.98. The molecular formula is C15H23ClN2O2. The molecule has 1 saturated carbocycles. The number of carbonyl (C=O) groups excluding carboxylic acids is 1. The Morgan fingerprint density at radius 3 is 2.70 bits per heavy atom. The van der Waals surface area contributed by atoms with Crippen LogP contribution >= 0.6 is 11.6 Å². The summed E-state index contributed by atoms with van der Waals surface area (Å²) in [6, 6.07) is 0. The second-order valence-corrected chi connectivity index (χ2v) is 5.90. The van der Waals surface area contributed by atoms with Crippen LogP contribution in [0.1, 0.15) is 44.5 Å². The first-order valence-electron chi connectivity index (χ1n) is 7.38. The molecule has 1 aliphatic carbocycles. The minimum Gasteiger partial charge on any atom is -0.378 e. The lowest BCUT2D eigenvalue weighted by atomic mass is 9.78. The van der Waals surface area contributed by atoms with Gasteiger partial charge in [0.2, 0.25) is 0 Å². The van der Waals surface area contributed by atoms with Crippen LogP contribution < -0.4 is 0 Å². The van der Waals surface area contributed by atoms with Crippen LogP contribution in [0.15, 0.2) is 0 Å². The number of Topliss-reactive ketones (excluding diaryl/α,β-unsaturated/α-hetero) is 1. The molecule has 1 aromatic rings. The second-order valence-electron chi connectivity index (χ2n) is 5.52. The van der Waals surface area contributed by atoms with E-state index < -0.39 is 0 Å². The summed E-state index contributed by atoms with van der Waals surface area (Å²) in [6.07, 6.45) is 4.20. The fourth-order valence-corrected chi connectivity index (χ4v) is 3.17. The summed E-state index contributed by atoms with van der Waals surface area (Å²) < 4.78 is 7.26. The third-order valence-corrected chi connectivity index (χ3v) is 4.42. The zero-order chi connectivity index (χ0) is 14.7. The minimum atomic E-state index is 0.248. The molecule has 0 atom stereocenters. The monoisotopic (exact) mass is 298 g/mol. The number of hydrogen-bond donors (Lipinski definition) is 0. The maximum absolute atomic E-state index is 12.1. The molecule has 0 aromatic carbocycles. The van der Waals surface area contributed by atoms with Crippen molar-refractivity contribution in [1.29, 1.82) is 0 Å². The molecule has 0 radical (unpaired) electrons. The van der Waals surface area contributed by atoms with Crippen LogP contribution in [0.25, 0.3) is 0 Å². The number of hydrogen-bond acceptors (Lipinski definition) is 3. The predicted octanol–water partition coefficient (Wildman–Crippen LogP) is 2.95. The lowest BCUT2D eigenvalue weighted by Gasteiger charge is -2.34. The maximum Gasteiger partial charge on any atom is 0.139 e. The van der Waals surface area contributed by atoms with Crippen molar-refractivity contribution in [2.75, 3.05) is 6.61 Å². The summed E-state index contributed by atoms with van der Waals surface area (Å²) in [4.78, 5) is 12.1. The molecule has 0 amide bonds. The van der Waals surface area contributed by atoms with Crippen LogP contribution in [-0.2, 0) is 29.4 Å².